The number of aryl methyl sites for hydroxylation is 1. The van der Waals surface area contributed by atoms with Crippen LogP contribution in [0.25, 0.3) is 0 Å². The molecule has 2 aromatic heterocycles. The summed E-state index contributed by atoms with van der Waals surface area (Å²) in [6, 6.07) is 0. The van der Waals surface area contributed by atoms with Crippen LogP contribution in [0.1, 0.15) is 58.7 Å². The Morgan fingerprint density at radius 1 is 1.16 bits per heavy atom. The van der Waals surface area contributed by atoms with E-state index in [-0.39, 0.29) is 5.91 Å². The molecule has 130 valence electrons. The molecule has 1 fully saturated rings. The predicted octanol–water partition coefficient (Wildman–Crippen LogP) is 1.13. The number of aromatic nitrogens is 5. The van der Waals surface area contributed by atoms with Crippen molar-refractivity contribution in [2.45, 2.75) is 51.1 Å². The molecule has 2 aliphatic carbocycles. The first kappa shape index (κ1) is 14.8. The monoisotopic (exact) mass is 339 g/mol. The number of hydrogen-bond acceptors (Lipinski definition) is 6. The van der Waals surface area contributed by atoms with Crippen LogP contribution in [0.15, 0.2) is 0 Å². The molecule has 25 heavy (non-hydrogen) atoms. The number of likely N-dealkylation sites (N-methyl/N-ethyl adjacent to an activating group) is 1. The number of rotatable bonds is 4. The van der Waals surface area contributed by atoms with Gasteiger partial charge in [0.2, 0.25) is 5.82 Å². The fourth-order valence-corrected chi connectivity index (χ4v) is 3.67. The van der Waals surface area contributed by atoms with Gasteiger partial charge in [0, 0.05) is 37.3 Å². The molecule has 1 amide bonds. The van der Waals surface area contributed by atoms with Crippen molar-refractivity contribution in [3.05, 3.63) is 28.7 Å². The molecule has 2 aromatic rings. The van der Waals surface area contributed by atoms with Crippen LogP contribution < -0.4 is 5.32 Å². The molecule has 3 heterocycles. The van der Waals surface area contributed by atoms with E-state index >= 15 is 0 Å². The van der Waals surface area contributed by atoms with Crippen molar-refractivity contribution in [1.82, 2.24) is 29.6 Å². The molecule has 8 nitrogen and oxygen atoms in total. The lowest BCUT2D eigenvalue weighted by Crippen LogP contribution is -2.38. The van der Waals surface area contributed by atoms with E-state index in [9.17, 15) is 4.79 Å². The molecular weight excluding hydrogens is 318 g/mol. The summed E-state index contributed by atoms with van der Waals surface area (Å²) in [6.07, 6.45) is 5.63. The van der Waals surface area contributed by atoms with E-state index < -0.39 is 0 Å². The number of nitrogens with one attached hydrogen (secondary N) is 1. The van der Waals surface area contributed by atoms with Crippen LogP contribution in [-0.4, -0.2) is 49.1 Å². The minimum absolute atomic E-state index is 0.0658. The Morgan fingerprint density at radius 2 is 2.04 bits per heavy atom. The number of nitrogens with zero attached hydrogens (tertiary/aromatic N) is 6. The molecule has 1 saturated carbocycles. The number of carbonyl (C=O) groups is 1. The first-order valence-electron chi connectivity index (χ1n) is 9.02. The quantitative estimate of drug-likeness (QED) is 0.898. The molecule has 0 radical (unpaired) electrons. The van der Waals surface area contributed by atoms with Crippen molar-refractivity contribution in [1.29, 1.82) is 0 Å². The van der Waals surface area contributed by atoms with Crippen molar-refractivity contribution >= 4 is 11.7 Å². The largest absolute Gasteiger partial charge is 0.362 e. The van der Waals surface area contributed by atoms with Gasteiger partial charge in [0.05, 0.1) is 6.54 Å². The van der Waals surface area contributed by atoms with Gasteiger partial charge in [-0.1, -0.05) is 0 Å². The first-order valence-corrected chi connectivity index (χ1v) is 9.02. The highest BCUT2D eigenvalue weighted by atomic mass is 16.2. The van der Waals surface area contributed by atoms with E-state index in [4.69, 9.17) is 9.97 Å². The summed E-state index contributed by atoms with van der Waals surface area (Å²) in [5, 5.41) is 11.7. The van der Waals surface area contributed by atoms with Gasteiger partial charge in [-0.2, -0.15) is 0 Å². The summed E-state index contributed by atoms with van der Waals surface area (Å²) < 4.78 is 1.92. The number of anilines is 1. The predicted molar refractivity (Wildman–Crippen MR) is 90.3 cm³/mol. The minimum atomic E-state index is -0.0658. The highest BCUT2D eigenvalue weighted by Gasteiger charge is 2.30. The summed E-state index contributed by atoms with van der Waals surface area (Å²) >= 11 is 0. The molecule has 1 N–H and O–H groups in total. The molecule has 0 atom stereocenters. The van der Waals surface area contributed by atoms with E-state index in [2.05, 4.69) is 15.5 Å². The lowest BCUT2D eigenvalue weighted by Gasteiger charge is -2.23. The van der Waals surface area contributed by atoms with E-state index in [1.807, 2.05) is 4.57 Å². The molecule has 0 saturated heterocycles. The van der Waals surface area contributed by atoms with Crippen molar-refractivity contribution in [2.75, 3.05) is 18.9 Å². The van der Waals surface area contributed by atoms with Crippen LogP contribution in [0.3, 0.4) is 0 Å². The molecule has 1 aliphatic heterocycles. The minimum Gasteiger partial charge on any atom is -0.362 e. The van der Waals surface area contributed by atoms with Crippen molar-refractivity contribution in [3.8, 4) is 0 Å². The average molecular weight is 339 g/mol. The standard InChI is InChI=1S/C17H21N7O/c1-23-7-8-24-13(21-22-16(24)17(23)25)9-18-15-11-3-2-4-12(11)19-14(20-15)10-5-6-10/h10H,2-9H2,1H3,(H,18,19,20). The van der Waals surface area contributed by atoms with Gasteiger partial charge in [-0.25, -0.2) is 9.97 Å². The van der Waals surface area contributed by atoms with E-state index in [1.165, 1.54) is 24.1 Å². The summed E-state index contributed by atoms with van der Waals surface area (Å²) in [5.41, 5.74) is 2.46. The molecule has 0 bridgehead atoms. The molecule has 0 spiro atoms. The third kappa shape index (κ3) is 2.47. The second kappa shape index (κ2) is 5.50. The number of fused-ring (bicyclic) bond motifs is 2. The van der Waals surface area contributed by atoms with Crippen LogP contribution in [0.5, 0.6) is 0 Å². The maximum Gasteiger partial charge on any atom is 0.291 e. The van der Waals surface area contributed by atoms with Gasteiger partial charge in [0.25, 0.3) is 5.91 Å². The average Bonchev–Trinajstić information content (AvgIpc) is 3.21. The van der Waals surface area contributed by atoms with Crippen LogP contribution >= 0.6 is 0 Å². The third-order valence-electron chi connectivity index (χ3n) is 5.33. The van der Waals surface area contributed by atoms with Crippen molar-refractivity contribution in [2.24, 2.45) is 0 Å². The Bertz CT molecular complexity index is 855. The fourth-order valence-electron chi connectivity index (χ4n) is 3.67. The second-order valence-electron chi connectivity index (χ2n) is 7.16. The number of carbonyl (C=O) groups excluding carboxylic acids is 1. The Kier molecular flexibility index (Phi) is 3.26. The van der Waals surface area contributed by atoms with Crippen LogP contribution in [0.2, 0.25) is 0 Å². The third-order valence-corrected chi connectivity index (χ3v) is 5.33. The van der Waals surface area contributed by atoms with Crippen LogP contribution in [0, 0.1) is 0 Å². The zero-order chi connectivity index (χ0) is 17.0. The van der Waals surface area contributed by atoms with Gasteiger partial charge < -0.3 is 14.8 Å². The zero-order valence-electron chi connectivity index (χ0n) is 14.3. The molecule has 0 unspecified atom stereocenters. The Labute approximate surface area is 145 Å². The van der Waals surface area contributed by atoms with E-state index in [1.54, 1.807) is 11.9 Å². The summed E-state index contributed by atoms with van der Waals surface area (Å²) in [7, 11) is 1.79. The Balaban J connectivity index is 1.41. The second-order valence-corrected chi connectivity index (χ2v) is 7.16. The van der Waals surface area contributed by atoms with E-state index in [0.29, 0.717) is 24.8 Å². The van der Waals surface area contributed by atoms with Gasteiger partial charge in [0.1, 0.15) is 11.6 Å². The van der Waals surface area contributed by atoms with Crippen molar-refractivity contribution in [3.63, 3.8) is 0 Å². The maximum atomic E-state index is 12.1. The van der Waals surface area contributed by atoms with Crippen LogP contribution in [-0.2, 0) is 25.9 Å². The molecular formula is C17H21N7O. The Morgan fingerprint density at radius 3 is 2.88 bits per heavy atom. The SMILES string of the molecule is CN1CCn2c(CNc3nc(C4CC4)nc4c3CCC4)nnc2C1=O. The van der Waals surface area contributed by atoms with E-state index in [0.717, 1.165) is 43.3 Å². The first-order chi connectivity index (χ1) is 12.2. The van der Waals surface area contributed by atoms with Gasteiger partial charge in [-0.05, 0) is 32.1 Å². The smallest absolute Gasteiger partial charge is 0.291 e. The Hall–Kier alpha value is -2.51. The van der Waals surface area contributed by atoms with Gasteiger partial charge >= 0.3 is 0 Å². The molecule has 5 rings (SSSR count). The van der Waals surface area contributed by atoms with Crippen LogP contribution in [0.4, 0.5) is 5.82 Å². The topological polar surface area (TPSA) is 88.8 Å². The lowest BCUT2D eigenvalue weighted by atomic mass is 10.2. The molecule has 3 aliphatic rings. The zero-order valence-corrected chi connectivity index (χ0v) is 14.3. The highest BCUT2D eigenvalue weighted by Crippen LogP contribution is 2.40. The number of amides is 1. The summed E-state index contributed by atoms with van der Waals surface area (Å²) in [6.45, 7) is 1.94. The molecule has 0 aromatic carbocycles. The highest BCUT2D eigenvalue weighted by molar-refractivity contribution is 5.91. The van der Waals surface area contributed by atoms with Crippen molar-refractivity contribution < 1.29 is 4.79 Å². The number of hydrogen-bond donors (Lipinski definition) is 1. The molecule has 8 heteroatoms. The summed E-state index contributed by atoms with van der Waals surface area (Å²) in [4.78, 5) is 23.4. The van der Waals surface area contributed by atoms with Gasteiger partial charge in [-0.3, -0.25) is 4.79 Å². The lowest BCUT2D eigenvalue weighted by molar-refractivity contribution is 0.0740. The normalized spacial score (nSPS) is 19.1. The maximum absolute atomic E-state index is 12.1. The fraction of sp³-hybridized carbons (Fsp3) is 0.588. The summed E-state index contributed by atoms with van der Waals surface area (Å²) in [5.74, 6) is 3.63. The van der Waals surface area contributed by atoms with Gasteiger partial charge in [-0.15, -0.1) is 10.2 Å². The van der Waals surface area contributed by atoms with Gasteiger partial charge in [0.15, 0.2) is 5.82 Å².